The van der Waals surface area contributed by atoms with Gasteiger partial charge in [0.1, 0.15) is 11.0 Å². The first-order valence-electron chi connectivity index (χ1n) is 12.7. The first-order valence-corrected chi connectivity index (χ1v) is 13.5. The number of hydrazine groups is 1. The van der Waals surface area contributed by atoms with Crippen LogP contribution >= 0.6 is 11.3 Å². The van der Waals surface area contributed by atoms with E-state index in [1.54, 1.807) is 17.5 Å². The van der Waals surface area contributed by atoms with Gasteiger partial charge < -0.3 is 20.5 Å². The van der Waals surface area contributed by atoms with E-state index in [1.807, 2.05) is 73.8 Å². The number of ether oxygens (including phenoxy) is 1. The van der Waals surface area contributed by atoms with Gasteiger partial charge in [0.05, 0.1) is 19.3 Å². The van der Waals surface area contributed by atoms with E-state index in [0.29, 0.717) is 19.4 Å². The zero-order valence-corrected chi connectivity index (χ0v) is 22.9. The Kier molecular flexibility index (Phi) is 11.2. The smallest absolute Gasteiger partial charge is 0.407 e. The monoisotopic (exact) mass is 539 g/mol. The van der Waals surface area contributed by atoms with Crippen LogP contribution in [-0.4, -0.2) is 58.9 Å². The molecule has 2 aromatic carbocycles. The van der Waals surface area contributed by atoms with Crippen molar-refractivity contribution in [2.24, 2.45) is 11.8 Å². The highest BCUT2D eigenvalue weighted by molar-refractivity contribution is 7.13. The van der Waals surface area contributed by atoms with Crippen molar-refractivity contribution in [2.45, 2.75) is 51.4 Å². The van der Waals surface area contributed by atoms with E-state index in [4.69, 9.17) is 10.6 Å². The number of nitrogens with zero attached hydrogens (tertiary/aromatic N) is 2. The van der Waals surface area contributed by atoms with Crippen LogP contribution in [0.15, 0.2) is 66.2 Å². The minimum absolute atomic E-state index is 0.129. The summed E-state index contributed by atoms with van der Waals surface area (Å²) in [5, 5.41) is 21.2. The van der Waals surface area contributed by atoms with Gasteiger partial charge in [-0.1, -0.05) is 74.9 Å². The van der Waals surface area contributed by atoms with Gasteiger partial charge >= 0.3 is 6.09 Å². The number of hydrogen-bond donors (Lipinski definition) is 4. The fourth-order valence-corrected chi connectivity index (χ4v) is 4.74. The molecule has 0 aliphatic heterocycles. The number of aliphatic hydroxyl groups is 1. The van der Waals surface area contributed by atoms with E-state index in [1.165, 1.54) is 12.1 Å². The second-order valence-corrected chi connectivity index (χ2v) is 10.2. The number of nitrogens with two attached hydrogens (primary N) is 1. The second kappa shape index (κ2) is 14.6. The number of methoxy groups -OCH3 is 1. The third kappa shape index (κ3) is 8.63. The number of thiazole rings is 1. The molecule has 204 valence electrons. The Morgan fingerprint density at radius 2 is 1.82 bits per heavy atom. The average Bonchev–Trinajstić information content (AvgIpc) is 3.46. The van der Waals surface area contributed by atoms with Gasteiger partial charge in [-0.2, -0.15) is 0 Å². The van der Waals surface area contributed by atoms with E-state index in [0.717, 1.165) is 21.7 Å². The number of alkyl carbamates (subject to hydrolysis) is 1. The number of aliphatic hydroxyl groups excluding tert-OH is 1. The van der Waals surface area contributed by atoms with E-state index < -0.39 is 24.3 Å². The maximum atomic E-state index is 13.3. The molecule has 9 nitrogen and oxygen atoms in total. The summed E-state index contributed by atoms with van der Waals surface area (Å²) in [4.78, 5) is 29.5. The Bertz CT molecular complexity index is 1130. The van der Waals surface area contributed by atoms with Gasteiger partial charge in [-0.05, 0) is 23.5 Å². The van der Waals surface area contributed by atoms with Crippen molar-refractivity contribution in [1.29, 1.82) is 0 Å². The third-order valence-corrected chi connectivity index (χ3v) is 7.31. The number of carbonyl (C=O) groups is 2. The standard InChI is InChI=1S/C28H37N5O4S/c1-4-19(2)25(32-28(36)37-3)26(35)31-23(16-20-8-6-5-7-9-20)24(34)18-33(29)17-21-10-12-22(13-11-21)27-30-14-15-38-27/h5-15,19,23-25,34H,4,16-18,29H2,1-3H3,(H,31,35)(H,32,36)/t19-,23-,24-,25-/m0/s1. The van der Waals surface area contributed by atoms with Crippen molar-refractivity contribution in [1.82, 2.24) is 20.6 Å². The first kappa shape index (κ1) is 29.2. The minimum Gasteiger partial charge on any atom is -0.453 e. The SMILES string of the molecule is CC[C@H](C)[C@H](NC(=O)OC)C(=O)N[C@@H](Cc1ccccc1)[C@@H](O)CN(N)Cc1ccc(-c2nccs2)cc1. The lowest BCUT2D eigenvalue weighted by Crippen LogP contribution is -2.57. The Morgan fingerprint density at radius 3 is 2.42 bits per heavy atom. The molecular weight excluding hydrogens is 502 g/mol. The summed E-state index contributed by atoms with van der Waals surface area (Å²) >= 11 is 1.58. The maximum absolute atomic E-state index is 13.3. The molecule has 4 atom stereocenters. The highest BCUT2D eigenvalue weighted by Gasteiger charge is 2.30. The van der Waals surface area contributed by atoms with Gasteiger partial charge in [-0.25, -0.2) is 14.8 Å². The number of amides is 2. The molecule has 1 aromatic heterocycles. The molecule has 0 radical (unpaired) electrons. The molecule has 3 rings (SSSR count). The highest BCUT2D eigenvalue weighted by Crippen LogP contribution is 2.22. The molecular formula is C28H37N5O4S. The van der Waals surface area contributed by atoms with Gasteiger partial charge in [-0.15, -0.1) is 11.3 Å². The van der Waals surface area contributed by atoms with Crippen LogP contribution in [-0.2, 0) is 22.5 Å². The van der Waals surface area contributed by atoms with Crippen LogP contribution < -0.4 is 16.5 Å². The third-order valence-electron chi connectivity index (χ3n) is 6.49. The summed E-state index contributed by atoms with van der Waals surface area (Å²) in [5.74, 6) is 5.77. The molecule has 0 aliphatic carbocycles. The van der Waals surface area contributed by atoms with Crippen molar-refractivity contribution in [3.8, 4) is 10.6 Å². The van der Waals surface area contributed by atoms with Crippen LogP contribution in [0.2, 0.25) is 0 Å². The lowest BCUT2D eigenvalue weighted by Gasteiger charge is -2.30. The first-order chi connectivity index (χ1) is 18.3. The van der Waals surface area contributed by atoms with Crippen LogP contribution in [0, 0.1) is 5.92 Å². The summed E-state index contributed by atoms with van der Waals surface area (Å²) in [7, 11) is 1.26. The molecule has 0 saturated carbocycles. The fraction of sp³-hybridized carbons (Fsp3) is 0.393. The lowest BCUT2D eigenvalue weighted by molar-refractivity contribution is -0.126. The fourth-order valence-electron chi connectivity index (χ4n) is 4.10. The molecule has 5 N–H and O–H groups in total. The van der Waals surface area contributed by atoms with Crippen molar-refractivity contribution >= 4 is 23.3 Å². The molecule has 38 heavy (non-hydrogen) atoms. The van der Waals surface area contributed by atoms with Crippen molar-refractivity contribution in [2.75, 3.05) is 13.7 Å². The lowest BCUT2D eigenvalue weighted by atomic mass is 9.96. The molecule has 1 heterocycles. The minimum atomic E-state index is -0.963. The van der Waals surface area contributed by atoms with Gasteiger partial charge in [0.25, 0.3) is 0 Å². The van der Waals surface area contributed by atoms with Crippen molar-refractivity contribution < 1.29 is 19.4 Å². The maximum Gasteiger partial charge on any atom is 0.407 e. The van der Waals surface area contributed by atoms with Gasteiger partial charge in [-0.3, -0.25) is 10.6 Å². The zero-order chi connectivity index (χ0) is 27.5. The summed E-state index contributed by atoms with van der Waals surface area (Å²) in [5.41, 5.74) is 2.98. The quantitative estimate of drug-likeness (QED) is 0.194. The van der Waals surface area contributed by atoms with E-state index in [2.05, 4.69) is 15.6 Å². The Balaban J connectivity index is 1.69. The second-order valence-electron chi connectivity index (χ2n) is 9.33. The van der Waals surface area contributed by atoms with E-state index in [-0.39, 0.29) is 18.4 Å². The van der Waals surface area contributed by atoms with Crippen LogP contribution in [0.25, 0.3) is 10.6 Å². The zero-order valence-electron chi connectivity index (χ0n) is 22.0. The number of rotatable bonds is 13. The van der Waals surface area contributed by atoms with Gasteiger partial charge in [0.15, 0.2) is 0 Å². The van der Waals surface area contributed by atoms with Crippen LogP contribution in [0.3, 0.4) is 0 Å². The number of nitrogens with one attached hydrogen (secondary N) is 2. The molecule has 0 bridgehead atoms. The molecule has 0 unspecified atom stereocenters. The van der Waals surface area contributed by atoms with Gasteiger partial charge in [0.2, 0.25) is 5.91 Å². The van der Waals surface area contributed by atoms with Crippen LogP contribution in [0.4, 0.5) is 4.79 Å². The number of aromatic nitrogens is 1. The van der Waals surface area contributed by atoms with E-state index in [9.17, 15) is 14.7 Å². The molecule has 0 saturated heterocycles. The number of hydrogen-bond acceptors (Lipinski definition) is 8. The van der Waals surface area contributed by atoms with Gasteiger partial charge in [0, 0.05) is 30.2 Å². The summed E-state index contributed by atoms with van der Waals surface area (Å²) < 4.78 is 4.71. The van der Waals surface area contributed by atoms with E-state index >= 15 is 0 Å². The van der Waals surface area contributed by atoms with Crippen molar-refractivity contribution in [3.05, 3.63) is 77.3 Å². The predicted octanol–water partition coefficient (Wildman–Crippen LogP) is 3.34. The average molecular weight is 540 g/mol. The van der Waals surface area contributed by atoms with Crippen LogP contribution in [0.5, 0.6) is 0 Å². The Hall–Kier alpha value is -3.31. The summed E-state index contributed by atoms with van der Waals surface area (Å²) in [6.07, 6.45) is 1.20. The summed E-state index contributed by atoms with van der Waals surface area (Å²) in [6, 6.07) is 16.1. The summed E-state index contributed by atoms with van der Waals surface area (Å²) in [6.45, 7) is 4.37. The topological polar surface area (TPSA) is 130 Å². The Labute approximate surface area is 228 Å². The highest BCUT2D eigenvalue weighted by atomic mass is 32.1. The molecule has 0 fully saturated rings. The molecule has 10 heteroatoms. The number of carbonyl (C=O) groups excluding carboxylic acids is 2. The Morgan fingerprint density at radius 1 is 1.11 bits per heavy atom. The normalized spacial score (nSPS) is 14.4. The molecule has 3 aromatic rings. The van der Waals surface area contributed by atoms with Crippen LogP contribution in [0.1, 0.15) is 31.4 Å². The molecule has 2 amide bonds. The molecule has 0 aliphatic rings. The molecule has 0 spiro atoms. The van der Waals surface area contributed by atoms with Crippen molar-refractivity contribution in [3.63, 3.8) is 0 Å². The largest absolute Gasteiger partial charge is 0.453 e. The predicted molar refractivity (Wildman–Crippen MR) is 149 cm³/mol. The number of benzene rings is 2.